The van der Waals surface area contributed by atoms with Crippen LogP contribution in [0.25, 0.3) is 0 Å². The van der Waals surface area contributed by atoms with Crippen LogP contribution >= 0.6 is 0 Å². The normalized spacial score (nSPS) is 23.9. The van der Waals surface area contributed by atoms with E-state index in [0.717, 1.165) is 69.7 Å². The fraction of sp³-hybridized carbons (Fsp3) is 0.516. The van der Waals surface area contributed by atoms with Gasteiger partial charge in [0, 0.05) is 43.9 Å². The zero-order valence-electron chi connectivity index (χ0n) is 23.3. The van der Waals surface area contributed by atoms with Crippen molar-refractivity contribution in [3.63, 3.8) is 0 Å². The molecule has 2 saturated heterocycles. The first kappa shape index (κ1) is 26.6. The minimum atomic E-state index is -4.54. The fourth-order valence-electron chi connectivity index (χ4n) is 7.45. The number of aromatic nitrogens is 3. The van der Waals surface area contributed by atoms with Crippen molar-refractivity contribution in [1.82, 2.24) is 25.0 Å². The van der Waals surface area contributed by atoms with Gasteiger partial charge < -0.3 is 14.8 Å². The van der Waals surface area contributed by atoms with Gasteiger partial charge in [0.25, 0.3) is 5.91 Å². The van der Waals surface area contributed by atoms with Crippen LogP contribution in [0.5, 0.6) is 0 Å². The van der Waals surface area contributed by atoms with E-state index in [9.17, 15) is 18.0 Å². The number of benzene rings is 2. The number of aryl methyl sites for hydroxylation is 1. The molecule has 41 heavy (non-hydrogen) atoms. The lowest BCUT2D eigenvalue weighted by Gasteiger charge is -2.33. The standard InChI is InChI=1S/C31H35F3N6O/c1-38-19-36-37-28(38)27(21-4-2-5-21)22-6-3-7-23(14-22)40-16-25-24(29(40)41)12-20(13-26(25)31(32,33)34)15-39-11-9-30(18-39)8-10-35-17-30/h3,6-7,12-14,19,21,27,35H,2,4-5,8-11,15-18H2,1H3/t27-,30+/m1/s1. The second-order valence-corrected chi connectivity index (χ2v) is 12.5. The van der Waals surface area contributed by atoms with E-state index in [1.54, 1.807) is 12.4 Å². The quantitative estimate of drug-likeness (QED) is 0.451. The molecular weight excluding hydrogens is 529 g/mol. The molecule has 4 aliphatic rings. The van der Waals surface area contributed by atoms with Gasteiger partial charge in [0.1, 0.15) is 12.2 Å². The number of hydrogen-bond acceptors (Lipinski definition) is 5. The maximum Gasteiger partial charge on any atom is 0.416 e. The molecule has 1 aromatic heterocycles. The molecule has 3 fully saturated rings. The first-order valence-electron chi connectivity index (χ1n) is 14.6. The number of rotatable bonds is 6. The summed E-state index contributed by atoms with van der Waals surface area (Å²) in [5.74, 6) is 0.932. The van der Waals surface area contributed by atoms with Crippen molar-refractivity contribution < 1.29 is 18.0 Å². The summed E-state index contributed by atoms with van der Waals surface area (Å²) in [4.78, 5) is 17.5. The van der Waals surface area contributed by atoms with Crippen LogP contribution < -0.4 is 10.2 Å². The van der Waals surface area contributed by atoms with Crippen LogP contribution in [0, 0.1) is 11.3 Å². The number of nitrogens with zero attached hydrogens (tertiary/aromatic N) is 5. The third kappa shape index (κ3) is 4.74. The monoisotopic (exact) mass is 564 g/mol. The summed E-state index contributed by atoms with van der Waals surface area (Å²) in [6.45, 7) is 4.02. The van der Waals surface area contributed by atoms with Crippen molar-refractivity contribution in [1.29, 1.82) is 0 Å². The highest BCUT2D eigenvalue weighted by Gasteiger charge is 2.43. The minimum absolute atomic E-state index is 0.0208. The third-order valence-corrected chi connectivity index (χ3v) is 9.85. The van der Waals surface area contributed by atoms with E-state index in [0.29, 0.717) is 23.7 Å². The SMILES string of the molecule is Cn1cnnc1[C@@H](c1cccc(N2Cc3c(cc(CN4CC[C@]5(CCNC5)C4)cc3C(F)(F)F)C2=O)c1)C1CCC1. The molecule has 0 unspecified atom stereocenters. The van der Waals surface area contributed by atoms with Crippen molar-refractivity contribution in [3.8, 4) is 0 Å². The maximum atomic E-state index is 14.4. The smallest absolute Gasteiger partial charge is 0.320 e. The maximum absolute atomic E-state index is 14.4. The summed E-state index contributed by atoms with van der Waals surface area (Å²) in [7, 11) is 1.92. The Bertz CT molecular complexity index is 1470. The number of hydrogen-bond donors (Lipinski definition) is 1. The molecule has 2 aromatic carbocycles. The Kier molecular flexibility index (Phi) is 6.46. The first-order chi connectivity index (χ1) is 19.7. The van der Waals surface area contributed by atoms with E-state index in [4.69, 9.17) is 0 Å². The van der Waals surface area contributed by atoms with Crippen LogP contribution in [0.2, 0.25) is 0 Å². The number of halogens is 3. The molecule has 0 radical (unpaired) electrons. The Morgan fingerprint density at radius 3 is 2.71 bits per heavy atom. The Hall–Kier alpha value is -3.24. The van der Waals surface area contributed by atoms with Gasteiger partial charge in [-0.25, -0.2) is 0 Å². The van der Waals surface area contributed by atoms with E-state index in [2.05, 4.69) is 20.4 Å². The highest BCUT2D eigenvalue weighted by molar-refractivity contribution is 6.10. The van der Waals surface area contributed by atoms with Crippen LogP contribution in [0.1, 0.15) is 76.5 Å². The van der Waals surface area contributed by atoms with Crippen molar-refractivity contribution >= 4 is 11.6 Å². The Morgan fingerprint density at radius 2 is 2.02 bits per heavy atom. The molecule has 0 bridgehead atoms. The second-order valence-electron chi connectivity index (χ2n) is 12.5. The second kappa shape index (κ2) is 9.94. The number of alkyl halides is 3. The molecule has 3 aliphatic heterocycles. The van der Waals surface area contributed by atoms with Gasteiger partial charge in [-0.05, 0) is 91.1 Å². The summed E-state index contributed by atoms with van der Waals surface area (Å²) < 4.78 is 45.0. The molecule has 1 amide bonds. The van der Waals surface area contributed by atoms with Crippen LogP contribution in [0.4, 0.5) is 18.9 Å². The van der Waals surface area contributed by atoms with E-state index in [-0.39, 0.29) is 34.9 Å². The number of carbonyl (C=O) groups is 1. The van der Waals surface area contributed by atoms with Gasteiger partial charge in [-0.2, -0.15) is 13.2 Å². The molecule has 4 heterocycles. The Labute approximate surface area is 237 Å². The van der Waals surface area contributed by atoms with Gasteiger partial charge >= 0.3 is 6.18 Å². The number of likely N-dealkylation sites (tertiary alicyclic amines) is 1. The van der Waals surface area contributed by atoms with Gasteiger partial charge in [0.05, 0.1) is 12.1 Å². The van der Waals surface area contributed by atoms with E-state index < -0.39 is 11.7 Å². The molecule has 3 aromatic rings. The van der Waals surface area contributed by atoms with Crippen molar-refractivity contribution in [2.24, 2.45) is 18.4 Å². The largest absolute Gasteiger partial charge is 0.416 e. The van der Waals surface area contributed by atoms with E-state index in [1.807, 2.05) is 35.9 Å². The number of amides is 1. The van der Waals surface area contributed by atoms with Gasteiger partial charge in [0.2, 0.25) is 0 Å². The first-order valence-corrected chi connectivity index (χ1v) is 14.6. The van der Waals surface area contributed by atoms with Crippen molar-refractivity contribution in [3.05, 3.63) is 76.4 Å². The van der Waals surface area contributed by atoms with E-state index >= 15 is 0 Å². The lowest BCUT2D eigenvalue weighted by atomic mass is 9.72. The van der Waals surface area contributed by atoms with Gasteiger partial charge in [-0.1, -0.05) is 18.6 Å². The van der Waals surface area contributed by atoms with Gasteiger partial charge in [0.15, 0.2) is 0 Å². The summed E-state index contributed by atoms with van der Waals surface area (Å²) >= 11 is 0. The number of nitrogens with one attached hydrogen (secondary N) is 1. The molecule has 1 N–H and O–H groups in total. The van der Waals surface area contributed by atoms with E-state index in [1.165, 1.54) is 11.0 Å². The molecule has 10 heteroatoms. The third-order valence-electron chi connectivity index (χ3n) is 9.85. The molecule has 1 aliphatic carbocycles. The fourth-order valence-corrected chi connectivity index (χ4v) is 7.45. The Morgan fingerprint density at radius 1 is 1.17 bits per heavy atom. The van der Waals surface area contributed by atoms with Crippen LogP contribution in [-0.4, -0.2) is 51.8 Å². The van der Waals surface area contributed by atoms with Gasteiger partial charge in [-0.15, -0.1) is 10.2 Å². The zero-order chi connectivity index (χ0) is 28.4. The minimum Gasteiger partial charge on any atom is -0.320 e. The lowest BCUT2D eigenvalue weighted by molar-refractivity contribution is -0.138. The molecule has 7 rings (SSSR count). The molecule has 216 valence electrons. The topological polar surface area (TPSA) is 66.3 Å². The summed E-state index contributed by atoms with van der Waals surface area (Å²) in [6, 6.07) is 10.6. The predicted molar refractivity (Wildman–Crippen MR) is 148 cm³/mol. The van der Waals surface area contributed by atoms with Crippen LogP contribution in [0.3, 0.4) is 0 Å². The summed E-state index contributed by atoms with van der Waals surface area (Å²) in [5.41, 5.74) is 1.94. The van der Waals surface area contributed by atoms with Crippen molar-refractivity contribution in [2.45, 2.75) is 57.3 Å². The Balaban J connectivity index is 1.19. The molecule has 1 spiro atoms. The van der Waals surface area contributed by atoms with Gasteiger partial charge in [-0.3, -0.25) is 9.69 Å². The number of fused-ring (bicyclic) bond motifs is 1. The zero-order valence-corrected chi connectivity index (χ0v) is 23.3. The van der Waals surface area contributed by atoms with Crippen LogP contribution in [0.15, 0.2) is 42.7 Å². The molecule has 1 saturated carbocycles. The average Bonchev–Trinajstić information content (AvgIpc) is 3.71. The molecular formula is C31H35F3N6O. The highest BCUT2D eigenvalue weighted by atomic mass is 19.4. The predicted octanol–water partition coefficient (Wildman–Crippen LogP) is 5.11. The molecule has 7 nitrogen and oxygen atoms in total. The van der Waals surface area contributed by atoms with Crippen molar-refractivity contribution in [2.75, 3.05) is 31.1 Å². The number of anilines is 1. The average molecular weight is 565 g/mol. The summed E-state index contributed by atoms with van der Waals surface area (Å²) in [5, 5.41) is 11.9. The molecule has 2 atom stereocenters. The van der Waals surface area contributed by atoms with Crippen LogP contribution in [-0.2, 0) is 26.3 Å². The lowest BCUT2D eigenvalue weighted by Crippen LogP contribution is -2.29. The summed E-state index contributed by atoms with van der Waals surface area (Å²) in [6.07, 6.45) is 2.64. The number of carbonyl (C=O) groups excluding carboxylic acids is 1. The highest BCUT2D eigenvalue weighted by Crippen LogP contribution is 2.45.